The molecule has 1 rings (SSSR count). The molecule has 1 unspecified atom stereocenters. The van der Waals surface area contributed by atoms with Crippen molar-refractivity contribution >= 4 is 0 Å². The molecular formula is C13H21NO4. The molecule has 1 aromatic carbocycles. The average Bonchev–Trinajstić information content (AvgIpc) is 2.37. The van der Waals surface area contributed by atoms with Gasteiger partial charge in [-0.25, -0.2) is 0 Å². The first-order valence-electron chi connectivity index (χ1n) is 5.94. The molecule has 5 heteroatoms. The van der Waals surface area contributed by atoms with E-state index in [4.69, 9.17) is 14.3 Å². The molecule has 102 valence electrons. The smallest absolute Gasteiger partial charge is 0.122 e. The summed E-state index contributed by atoms with van der Waals surface area (Å²) >= 11 is 0. The largest absolute Gasteiger partial charge is 0.491 e. The van der Waals surface area contributed by atoms with Crippen LogP contribution in [0.1, 0.15) is 5.56 Å². The second-order valence-electron chi connectivity index (χ2n) is 3.92. The van der Waals surface area contributed by atoms with Crippen LogP contribution < -0.4 is 10.2 Å². The molecule has 1 atom stereocenters. The molecule has 0 amide bonds. The molecule has 18 heavy (non-hydrogen) atoms. The van der Waals surface area contributed by atoms with Crippen molar-refractivity contribution in [1.29, 1.82) is 0 Å². The Bertz CT molecular complexity index is 333. The third-order valence-electron chi connectivity index (χ3n) is 2.34. The fourth-order valence-electron chi connectivity index (χ4n) is 1.32. The number of aryl methyl sites for hydroxylation is 1. The van der Waals surface area contributed by atoms with Gasteiger partial charge in [-0.05, 0) is 18.6 Å². The molecule has 2 N–H and O–H groups in total. The number of hydrogen-bond donors (Lipinski definition) is 2. The Kier molecular flexibility index (Phi) is 7.36. The maximum atomic E-state index is 9.66. The summed E-state index contributed by atoms with van der Waals surface area (Å²) in [6.07, 6.45) is -0.618. The normalized spacial score (nSPS) is 12.4. The van der Waals surface area contributed by atoms with Gasteiger partial charge in [0.25, 0.3) is 0 Å². The third-order valence-corrected chi connectivity index (χ3v) is 2.34. The van der Waals surface area contributed by atoms with Gasteiger partial charge in [-0.15, -0.1) is 0 Å². The van der Waals surface area contributed by atoms with Crippen LogP contribution >= 0.6 is 0 Å². The first-order chi connectivity index (χ1) is 8.74. The molecule has 0 aromatic heterocycles. The Balaban J connectivity index is 2.13. The van der Waals surface area contributed by atoms with E-state index in [1.807, 2.05) is 31.2 Å². The highest BCUT2D eigenvalue weighted by Crippen LogP contribution is 2.16. The maximum Gasteiger partial charge on any atom is 0.122 e. The highest BCUT2D eigenvalue weighted by Gasteiger charge is 2.06. The standard InChI is InChI=1S/C13H21NO4/c1-11-5-3-4-6-13(11)17-10-12(15)9-14-18-8-7-16-2/h3-6,12,14-15H,7-10H2,1-2H3. The van der Waals surface area contributed by atoms with Gasteiger partial charge in [-0.3, -0.25) is 4.84 Å². The van der Waals surface area contributed by atoms with E-state index in [1.54, 1.807) is 7.11 Å². The minimum absolute atomic E-state index is 0.228. The lowest BCUT2D eigenvalue weighted by Crippen LogP contribution is -2.32. The number of rotatable bonds is 9. The minimum atomic E-state index is -0.618. The summed E-state index contributed by atoms with van der Waals surface area (Å²) in [5.41, 5.74) is 3.71. The van der Waals surface area contributed by atoms with Crippen molar-refractivity contribution in [2.24, 2.45) is 0 Å². The number of hydrogen-bond acceptors (Lipinski definition) is 5. The predicted octanol–water partition coefficient (Wildman–Crippen LogP) is 0.902. The molecule has 0 radical (unpaired) electrons. The summed E-state index contributed by atoms with van der Waals surface area (Å²) in [5.74, 6) is 0.789. The zero-order chi connectivity index (χ0) is 13.2. The zero-order valence-electron chi connectivity index (χ0n) is 10.9. The summed E-state index contributed by atoms with van der Waals surface area (Å²) in [6.45, 7) is 3.47. The molecule has 0 heterocycles. The minimum Gasteiger partial charge on any atom is -0.491 e. The summed E-state index contributed by atoms with van der Waals surface area (Å²) in [6, 6.07) is 7.70. The molecule has 0 saturated heterocycles. The quantitative estimate of drug-likeness (QED) is 0.507. The number of ether oxygens (including phenoxy) is 2. The van der Waals surface area contributed by atoms with E-state index in [9.17, 15) is 5.11 Å². The van der Waals surface area contributed by atoms with Crippen LogP contribution in [0.4, 0.5) is 0 Å². The summed E-state index contributed by atoms with van der Waals surface area (Å²) in [5, 5.41) is 9.66. The van der Waals surface area contributed by atoms with Crippen molar-refractivity contribution < 1.29 is 19.4 Å². The van der Waals surface area contributed by atoms with Gasteiger partial charge in [0.1, 0.15) is 18.5 Å². The number of benzene rings is 1. The molecule has 5 nitrogen and oxygen atoms in total. The number of hydroxylamine groups is 1. The summed E-state index contributed by atoms with van der Waals surface area (Å²) < 4.78 is 10.3. The Hall–Kier alpha value is -1.14. The van der Waals surface area contributed by atoms with Crippen LogP contribution in [-0.2, 0) is 9.57 Å². The highest BCUT2D eigenvalue weighted by molar-refractivity contribution is 5.31. The van der Waals surface area contributed by atoms with Gasteiger partial charge in [0, 0.05) is 7.11 Å². The van der Waals surface area contributed by atoms with Gasteiger partial charge in [-0.2, -0.15) is 5.48 Å². The lowest BCUT2D eigenvalue weighted by Gasteiger charge is -2.14. The first-order valence-corrected chi connectivity index (χ1v) is 5.94. The Morgan fingerprint density at radius 3 is 2.78 bits per heavy atom. The third kappa shape index (κ3) is 5.97. The molecular weight excluding hydrogens is 234 g/mol. The second-order valence-corrected chi connectivity index (χ2v) is 3.92. The van der Waals surface area contributed by atoms with Crippen LogP contribution in [0.15, 0.2) is 24.3 Å². The second kappa shape index (κ2) is 8.88. The maximum absolute atomic E-state index is 9.66. The van der Waals surface area contributed by atoms with Crippen LogP contribution in [0.5, 0.6) is 5.75 Å². The molecule has 0 aliphatic heterocycles. The Labute approximate surface area is 108 Å². The van der Waals surface area contributed by atoms with Crippen LogP contribution in [0.25, 0.3) is 0 Å². The van der Waals surface area contributed by atoms with Crippen LogP contribution in [0, 0.1) is 6.92 Å². The van der Waals surface area contributed by atoms with Gasteiger partial charge >= 0.3 is 0 Å². The average molecular weight is 255 g/mol. The van der Waals surface area contributed by atoms with Crippen LogP contribution in [0.2, 0.25) is 0 Å². The van der Waals surface area contributed by atoms with Gasteiger partial charge in [-0.1, -0.05) is 18.2 Å². The number of para-hydroxylation sites is 1. The van der Waals surface area contributed by atoms with Crippen molar-refractivity contribution in [1.82, 2.24) is 5.48 Å². The molecule has 0 aliphatic carbocycles. The van der Waals surface area contributed by atoms with Crippen molar-refractivity contribution in [2.45, 2.75) is 13.0 Å². The zero-order valence-corrected chi connectivity index (χ0v) is 10.9. The Morgan fingerprint density at radius 1 is 1.28 bits per heavy atom. The van der Waals surface area contributed by atoms with E-state index in [1.165, 1.54) is 0 Å². The topological polar surface area (TPSA) is 60.0 Å². The van der Waals surface area contributed by atoms with E-state index in [-0.39, 0.29) is 6.61 Å². The van der Waals surface area contributed by atoms with Crippen molar-refractivity contribution in [3.8, 4) is 5.75 Å². The SMILES string of the molecule is COCCONCC(O)COc1ccccc1C. The molecule has 0 aliphatic rings. The monoisotopic (exact) mass is 255 g/mol. The van der Waals surface area contributed by atoms with Crippen molar-refractivity contribution in [2.75, 3.05) is 33.5 Å². The van der Waals surface area contributed by atoms with Crippen molar-refractivity contribution in [3.05, 3.63) is 29.8 Å². The van der Waals surface area contributed by atoms with E-state index in [2.05, 4.69) is 5.48 Å². The molecule has 0 spiro atoms. The number of methoxy groups -OCH3 is 1. The highest BCUT2D eigenvalue weighted by atomic mass is 16.7. The fourth-order valence-corrected chi connectivity index (χ4v) is 1.32. The lowest BCUT2D eigenvalue weighted by atomic mass is 10.2. The van der Waals surface area contributed by atoms with Gasteiger partial charge in [0.2, 0.25) is 0 Å². The van der Waals surface area contributed by atoms with E-state index in [0.29, 0.717) is 19.8 Å². The molecule has 0 saturated carbocycles. The fraction of sp³-hybridized carbons (Fsp3) is 0.538. The van der Waals surface area contributed by atoms with Gasteiger partial charge in [0.15, 0.2) is 0 Å². The van der Waals surface area contributed by atoms with Gasteiger partial charge < -0.3 is 14.6 Å². The molecule has 0 bridgehead atoms. The van der Waals surface area contributed by atoms with Gasteiger partial charge in [0.05, 0.1) is 19.8 Å². The predicted molar refractivity (Wildman–Crippen MR) is 68.5 cm³/mol. The Morgan fingerprint density at radius 2 is 2.06 bits per heavy atom. The van der Waals surface area contributed by atoms with Crippen LogP contribution in [-0.4, -0.2) is 44.7 Å². The van der Waals surface area contributed by atoms with E-state index in [0.717, 1.165) is 11.3 Å². The number of nitrogens with one attached hydrogen (secondary N) is 1. The summed E-state index contributed by atoms with van der Waals surface area (Å²) in [4.78, 5) is 5.03. The summed E-state index contributed by atoms with van der Waals surface area (Å²) in [7, 11) is 1.61. The molecule has 0 fully saturated rings. The van der Waals surface area contributed by atoms with Crippen LogP contribution in [0.3, 0.4) is 0 Å². The number of aliphatic hydroxyl groups is 1. The molecule has 1 aromatic rings. The van der Waals surface area contributed by atoms with E-state index >= 15 is 0 Å². The first kappa shape index (κ1) is 14.9. The lowest BCUT2D eigenvalue weighted by molar-refractivity contribution is -0.0173. The number of aliphatic hydroxyl groups excluding tert-OH is 1. The van der Waals surface area contributed by atoms with Crippen molar-refractivity contribution in [3.63, 3.8) is 0 Å². The van der Waals surface area contributed by atoms with E-state index < -0.39 is 6.10 Å².